The molecule has 0 saturated heterocycles. The van der Waals surface area contributed by atoms with Crippen LogP contribution in [0.2, 0.25) is 0 Å². The summed E-state index contributed by atoms with van der Waals surface area (Å²) in [4.78, 5) is 15.7. The van der Waals surface area contributed by atoms with Gasteiger partial charge in [0.15, 0.2) is 5.69 Å². The highest BCUT2D eigenvalue weighted by molar-refractivity contribution is 5.88. The summed E-state index contributed by atoms with van der Waals surface area (Å²) < 4.78 is 7.14. The lowest BCUT2D eigenvalue weighted by molar-refractivity contribution is 0.0688. The van der Waals surface area contributed by atoms with E-state index in [4.69, 9.17) is 10.5 Å². The first-order valence-electron chi connectivity index (χ1n) is 6.85. The first-order valence-corrected chi connectivity index (χ1v) is 6.85. The van der Waals surface area contributed by atoms with E-state index in [-0.39, 0.29) is 11.7 Å². The van der Waals surface area contributed by atoms with Crippen LogP contribution in [0.25, 0.3) is 11.4 Å². The van der Waals surface area contributed by atoms with E-state index in [0.717, 1.165) is 24.9 Å². The number of carbonyl (C=O) groups is 1. The van der Waals surface area contributed by atoms with Crippen molar-refractivity contribution in [2.24, 2.45) is 5.73 Å². The van der Waals surface area contributed by atoms with Gasteiger partial charge in [-0.1, -0.05) is 12.1 Å². The number of aromatic carboxylic acids is 1. The standard InChI is InChI=1S/C15H17N3O3/c1-21-10-5-2-4-9(8-10)14-17-12(15(19)20)13-11(16)6-3-7-18(13)14/h2,4-5,8,11H,3,6-7,16H2,1H3,(H,19,20). The van der Waals surface area contributed by atoms with E-state index in [1.54, 1.807) is 7.11 Å². The molecule has 0 aliphatic carbocycles. The van der Waals surface area contributed by atoms with Crippen molar-refractivity contribution in [2.75, 3.05) is 7.11 Å². The molecule has 110 valence electrons. The monoisotopic (exact) mass is 287 g/mol. The fraction of sp³-hybridized carbons (Fsp3) is 0.333. The molecule has 1 aromatic heterocycles. The maximum Gasteiger partial charge on any atom is 0.356 e. The zero-order valence-electron chi connectivity index (χ0n) is 11.7. The van der Waals surface area contributed by atoms with Crippen molar-refractivity contribution in [1.82, 2.24) is 9.55 Å². The van der Waals surface area contributed by atoms with Crippen LogP contribution in [0.3, 0.4) is 0 Å². The van der Waals surface area contributed by atoms with Crippen molar-refractivity contribution in [3.63, 3.8) is 0 Å². The minimum absolute atomic E-state index is 0.0556. The lowest BCUT2D eigenvalue weighted by atomic mass is 10.0. The van der Waals surface area contributed by atoms with Crippen LogP contribution in [0, 0.1) is 0 Å². The lowest BCUT2D eigenvalue weighted by Crippen LogP contribution is -2.23. The molecule has 3 N–H and O–H groups in total. The molecule has 1 aromatic carbocycles. The average molecular weight is 287 g/mol. The number of rotatable bonds is 3. The summed E-state index contributed by atoms with van der Waals surface area (Å²) in [6.07, 6.45) is 1.70. The molecule has 1 atom stereocenters. The molecule has 3 rings (SSSR count). The van der Waals surface area contributed by atoms with E-state index in [1.807, 2.05) is 28.8 Å². The molecule has 0 fully saturated rings. The second-order valence-electron chi connectivity index (χ2n) is 5.11. The molecular weight excluding hydrogens is 270 g/mol. The predicted octanol–water partition coefficient (Wildman–Crippen LogP) is 2.05. The number of benzene rings is 1. The molecule has 2 heterocycles. The summed E-state index contributed by atoms with van der Waals surface area (Å²) in [6, 6.07) is 7.16. The number of nitrogens with zero attached hydrogens (tertiary/aromatic N) is 2. The highest BCUT2D eigenvalue weighted by atomic mass is 16.5. The smallest absolute Gasteiger partial charge is 0.356 e. The maximum atomic E-state index is 11.4. The van der Waals surface area contributed by atoms with Gasteiger partial charge in [-0.2, -0.15) is 0 Å². The van der Waals surface area contributed by atoms with E-state index in [1.165, 1.54) is 0 Å². The summed E-state index contributed by atoms with van der Waals surface area (Å²) in [5.74, 6) is 0.309. The van der Waals surface area contributed by atoms with Gasteiger partial charge in [-0.15, -0.1) is 0 Å². The van der Waals surface area contributed by atoms with Gasteiger partial charge in [0.2, 0.25) is 0 Å². The van der Waals surface area contributed by atoms with Crippen molar-refractivity contribution < 1.29 is 14.6 Å². The molecule has 0 amide bonds. The predicted molar refractivity (Wildman–Crippen MR) is 77.3 cm³/mol. The van der Waals surface area contributed by atoms with Crippen LogP contribution < -0.4 is 10.5 Å². The minimum atomic E-state index is -1.04. The summed E-state index contributed by atoms with van der Waals surface area (Å²) >= 11 is 0. The normalized spacial score (nSPS) is 17.3. The van der Waals surface area contributed by atoms with Crippen molar-refractivity contribution in [3.05, 3.63) is 35.7 Å². The van der Waals surface area contributed by atoms with Crippen LogP contribution in [0.4, 0.5) is 0 Å². The third-order valence-corrected chi connectivity index (χ3v) is 3.79. The Labute approximate surface area is 122 Å². The summed E-state index contributed by atoms with van der Waals surface area (Å²) in [6.45, 7) is 0.732. The molecule has 21 heavy (non-hydrogen) atoms. The number of ether oxygens (including phenoxy) is 1. The molecule has 1 unspecified atom stereocenters. The Morgan fingerprint density at radius 2 is 2.33 bits per heavy atom. The number of methoxy groups -OCH3 is 1. The van der Waals surface area contributed by atoms with Gasteiger partial charge in [-0.25, -0.2) is 9.78 Å². The molecule has 1 aliphatic heterocycles. The third kappa shape index (κ3) is 2.27. The second kappa shape index (κ2) is 5.21. The number of carboxylic acid groups (broad SMARTS) is 1. The van der Waals surface area contributed by atoms with Crippen LogP contribution >= 0.6 is 0 Å². The van der Waals surface area contributed by atoms with Gasteiger partial charge in [0, 0.05) is 18.2 Å². The Kier molecular flexibility index (Phi) is 3.39. The SMILES string of the molecule is COc1cccc(-c2nc(C(=O)O)c3n2CCCC3N)c1. The van der Waals surface area contributed by atoms with E-state index < -0.39 is 5.97 Å². The van der Waals surface area contributed by atoms with Crippen molar-refractivity contribution in [3.8, 4) is 17.1 Å². The molecule has 0 spiro atoms. The molecule has 0 radical (unpaired) electrons. The fourth-order valence-electron chi connectivity index (χ4n) is 2.81. The number of carboxylic acids is 1. The van der Waals surface area contributed by atoms with Gasteiger partial charge < -0.3 is 20.1 Å². The van der Waals surface area contributed by atoms with Gasteiger partial charge in [-0.3, -0.25) is 0 Å². The highest BCUT2D eigenvalue weighted by Gasteiger charge is 2.29. The lowest BCUT2D eigenvalue weighted by Gasteiger charge is -2.22. The van der Waals surface area contributed by atoms with Crippen LogP contribution in [0.15, 0.2) is 24.3 Å². The Morgan fingerprint density at radius 1 is 1.52 bits per heavy atom. The molecular formula is C15H17N3O3. The van der Waals surface area contributed by atoms with E-state index >= 15 is 0 Å². The molecule has 0 saturated carbocycles. The Balaban J connectivity index is 2.19. The molecule has 0 bridgehead atoms. The zero-order valence-corrected chi connectivity index (χ0v) is 11.7. The summed E-state index contributed by atoms with van der Waals surface area (Å²) in [5, 5.41) is 9.36. The number of nitrogens with two attached hydrogens (primary N) is 1. The van der Waals surface area contributed by atoms with Gasteiger partial charge in [-0.05, 0) is 25.0 Å². The van der Waals surface area contributed by atoms with Crippen molar-refractivity contribution in [1.29, 1.82) is 0 Å². The molecule has 6 heteroatoms. The van der Waals surface area contributed by atoms with E-state index in [9.17, 15) is 9.90 Å². The van der Waals surface area contributed by atoms with E-state index in [0.29, 0.717) is 17.3 Å². The van der Waals surface area contributed by atoms with Crippen LogP contribution in [-0.4, -0.2) is 27.7 Å². The first-order chi connectivity index (χ1) is 10.1. The van der Waals surface area contributed by atoms with Crippen LogP contribution in [-0.2, 0) is 6.54 Å². The molecule has 2 aromatic rings. The summed E-state index contributed by atoms with van der Waals surface area (Å²) in [7, 11) is 1.60. The highest BCUT2D eigenvalue weighted by Crippen LogP contribution is 2.32. The Morgan fingerprint density at radius 3 is 3.05 bits per heavy atom. The maximum absolute atomic E-state index is 11.4. The zero-order chi connectivity index (χ0) is 15.0. The first kappa shape index (κ1) is 13.6. The van der Waals surface area contributed by atoms with Gasteiger partial charge >= 0.3 is 5.97 Å². The van der Waals surface area contributed by atoms with Crippen LogP contribution in [0.5, 0.6) is 5.75 Å². The quantitative estimate of drug-likeness (QED) is 0.901. The third-order valence-electron chi connectivity index (χ3n) is 3.79. The van der Waals surface area contributed by atoms with Gasteiger partial charge in [0.05, 0.1) is 12.8 Å². The Bertz CT molecular complexity index is 693. The number of hydrogen-bond acceptors (Lipinski definition) is 4. The van der Waals surface area contributed by atoms with Gasteiger partial charge in [0.1, 0.15) is 11.6 Å². The largest absolute Gasteiger partial charge is 0.497 e. The Hall–Kier alpha value is -2.34. The van der Waals surface area contributed by atoms with Crippen molar-refractivity contribution in [2.45, 2.75) is 25.4 Å². The number of imidazole rings is 1. The molecule has 1 aliphatic rings. The number of aromatic nitrogens is 2. The molecule has 6 nitrogen and oxygen atoms in total. The van der Waals surface area contributed by atoms with Crippen molar-refractivity contribution >= 4 is 5.97 Å². The second-order valence-corrected chi connectivity index (χ2v) is 5.11. The minimum Gasteiger partial charge on any atom is -0.497 e. The average Bonchev–Trinajstić information content (AvgIpc) is 2.88. The fourth-order valence-corrected chi connectivity index (χ4v) is 2.81. The van der Waals surface area contributed by atoms with E-state index in [2.05, 4.69) is 4.98 Å². The van der Waals surface area contributed by atoms with Gasteiger partial charge in [0.25, 0.3) is 0 Å². The number of fused-ring (bicyclic) bond motifs is 1. The topological polar surface area (TPSA) is 90.4 Å². The number of hydrogen-bond donors (Lipinski definition) is 2. The summed E-state index contributed by atoms with van der Waals surface area (Å²) in [5.41, 5.74) is 7.59. The van der Waals surface area contributed by atoms with Crippen LogP contribution in [0.1, 0.15) is 35.1 Å².